The fraction of sp³-hybridized carbons (Fsp3) is 0. The topological polar surface area (TPSA) is 50.2 Å². The summed E-state index contributed by atoms with van der Waals surface area (Å²) in [7, 11) is 0. The molecule has 0 radical (unpaired) electrons. The predicted octanol–water partition coefficient (Wildman–Crippen LogP) is -2.10. The Kier molecular flexibility index (Phi) is 4.27. The van der Waals surface area contributed by atoms with E-state index in [1.807, 2.05) is 0 Å². The number of pyridine rings is 1. The van der Waals surface area contributed by atoms with Gasteiger partial charge in [-0.15, -0.1) is 0 Å². The summed E-state index contributed by atoms with van der Waals surface area (Å²) in [5.41, 5.74) is 0.0810. The van der Waals surface area contributed by atoms with E-state index in [1.165, 1.54) is 12.3 Å². The zero-order chi connectivity index (χ0) is 6.69. The molecule has 0 unspecified atom stereocenters. The number of carboxylic acids is 1. The van der Waals surface area contributed by atoms with Crippen LogP contribution in [0.3, 0.4) is 0 Å². The molecule has 0 aliphatic heterocycles. The van der Waals surface area contributed by atoms with E-state index in [1.54, 1.807) is 12.1 Å². The molecule has 0 fully saturated rings. The molecule has 0 aromatic carbocycles. The van der Waals surface area contributed by atoms with Crippen molar-refractivity contribution in [3.8, 4) is 0 Å². The Balaban J connectivity index is 0. The second kappa shape index (κ2) is 4.44. The van der Waals surface area contributed by atoms with Crippen molar-refractivity contribution in [2.24, 2.45) is 0 Å². The number of carboxylic acid groups (broad SMARTS) is 1. The van der Waals surface area contributed by atoms with Gasteiger partial charge in [0, 0.05) is 6.20 Å². The summed E-state index contributed by atoms with van der Waals surface area (Å²) in [4.78, 5) is 13.7. The molecule has 0 aliphatic rings. The third-order valence-corrected chi connectivity index (χ3v) is 0.884. The molecule has 0 amide bonds. The van der Waals surface area contributed by atoms with Crippen LogP contribution in [0.5, 0.6) is 0 Å². The van der Waals surface area contributed by atoms with Gasteiger partial charge in [-0.1, -0.05) is 6.07 Å². The standard InChI is InChI=1S/C6H5NO2.Na.H/c8-6(9)5-3-1-2-4-7-5;;/h1-4H,(H,8,9);;/q;+1;-1. The Morgan fingerprint density at radius 3 is 2.60 bits per heavy atom. The molecule has 0 aliphatic carbocycles. The van der Waals surface area contributed by atoms with Gasteiger partial charge in [0.15, 0.2) is 0 Å². The third kappa shape index (κ3) is 2.47. The zero-order valence-electron chi connectivity index (χ0n) is 6.61. The average molecular weight is 147 g/mol. The number of hydrogen-bond donors (Lipinski definition) is 1. The summed E-state index contributed by atoms with van der Waals surface area (Å²) < 4.78 is 0. The van der Waals surface area contributed by atoms with E-state index in [4.69, 9.17) is 5.11 Å². The van der Waals surface area contributed by atoms with E-state index in [0.29, 0.717) is 0 Å². The normalized spacial score (nSPS) is 8.00. The van der Waals surface area contributed by atoms with Crippen LogP contribution in [0.15, 0.2) is 24.4 Å². The molecule has 1 aromatic heterocycles. The molecule has 0 spiro atoms. The maximum atomic E-state index is 10.1. The second-order valence-corrected chi connectivity index (χ2v) is 1.52. The van der Waals surface area contributed by atoms with Gasteiger partial charge in [-0.2, -0.15) is 0 Å². The summed E-state index contributed by atoms with van der Waals surface area (Å²) in [6.07, 6.45) is 1.45. The van der Waals surface area contributed by atoms with Crippen LogP contribution < -0.4 is 29.6 Å². The molecule has 1 heterocycles. The van der Waals surface area contributed by atoms with Crippen molar-refractivity contribution >= 4 is 5.97 Å². The van der Waals surface area contributed by atoms with Gasteiger partial charge >= 0.3 is 35.5 Å². The van der Waals surface area contributed by atoms with E-state index in [2.05, 4.69) is 4.98 Å². The monoisotopic (exact) mass is 147 g/mol. The van der Waals surface area contributed by atoms with Crippen molar-refractivity contribution in [3.05, 3.63) is 30.1 Å². The van der Waals surface area contributed by atoms with Crippen LogP contribution in [0.2, 0.25) is 0 Å². The van der Waals surface area contributed by atoms with Crippen LogP contribution in [0.1, 0.15) is 11.9 Å². The number of nitrogens with zero attached hydrogens (tertiary/aromatic N) is 1. The maximum Gasteiger partial charge on any atom is 1.00 e. The van der Waals surface area contributed by atoms with Crippen LogP contribution in [0.25, 0.3) is 0 Å². The fourth-order valence-corrected chi connectivity index (χ4v) is 0.489. The van der Waals surface area contributed by atoms with E-state index < -0.39 is 5.97 Å². The van der Waals surface area contributed by atoms with Crippen LogP contribution >= 0.6 is 0 Å². The van der Waals surface area contributed by atoms with Crippen LogP contribution in [-0.2, 0) is 0 Å². The molecule has 1 aromatic rings. The Hall–Kier alpha value is -0.380. The first-order valence-corrected chi connectivity index (χ1v) is 2.45. The number of rotatable bonds is 1. The van der Waals surface area contributed by atoms with Crippen molar-refractivity contribution in [1.29, 1.82) is 0 Å². The van der Waals surface area contributed by atoms with E-state index in [9.17, 15) is 4.79 Å². The Bertz CT molecular complexity index is 217. The van der Waals surface area contributed by atoms with Gasteiger partial charge in [0.2, 0.25) is 0 Å². The van der Waals surface area contributed by atoms with Crippen LogP contribution in [-0.4, -0.2) is 16.1 Å². The first-order chi connectivity index (χ1) is 4.30. The predicted molar refractivity (Wildman–Crippen MR) is 32.3 cm³/mol. The van der Waals surface area contributed by atoms with Gasteiger partial charge in [0.05, 0.1) is 0 Å². The Morgan fingerprint density at radius 1 is 1.60 bits per heavy atom. The second-order valence-electron chi connectivity index (χ2n) is 1.52. The SMILES string of the molecule is O=C(O)c1ccccn1.[H-].[Na+]. The van der Waals surface area contributed by atoms with Crippen molar-refractivity contribution in [2.45, 2.75) is 0 Å². The third-order valence-electron chi connectivity index (χ3n) is 0.884. The van der Waals surface area contributed by atoms with E-state index in [-0.39, 0.29) is 36.7 Å². The number of aromatic nitrogens is 1. The fourth-order valence-electron chi connectivity index (χ4n) is 0.489. The molecule has 0 atom stereocenters. The van der Waals surface area contributed by atoms with Gasteiger partial charge in [-0.3, -0.25) is 0 Å². The minimum absolute atomic E-state index is 0. The van der Waals surface area contributed by atoms with Crippen LogP contribution in [0.4, 0.5) is 0 Å². The van der Waals surface area contributed by atoms with Gasteiger partial charge in [0.1, 0.15) is 5.69 Å². The van der Waals surface area contributed by atoms with Crippen molar-refractivity contribution in [1.82, 2.24) is 4.98 Å². The van der Waals surface area contributed by atoms with E-state index in [0.717, 1.165) is 0 Å². The van der Waals surface area contributed by atoms with Crippen molar-refractivity contribution in [2.75, 3.05) is 0 Å². The maximum absolute atomic E-state index is 10.1. The Morgan fingerprint density at radius 2 is 2.30 bits per heavy atom. The molecule has 0 saturated heterocycles. The molecule has 48 valence electrons. The van der Waals surface area contributed by atoms with Gasteiger partial charge in [-0.05, 0) is 12.1 Å². The minimum atomic E-state index is -0.990. The minimum Gasteiger partial charge on any atom is -1.00 e. The van der Waals surface area contributed by atoms with Gasteiger partial charge < -0.3 is 6.53 Å². The summed E-state index contributed by atoms with van der Waals surface area (Å²) in [5, 5.41) is 8.32. The zero-order valence-corrected chi connectivity index (χ0v) is 7.61. The molecule has 1 rings (SSSR count). The number of aromatic carboxylic acids is 1. The van der Waals surface area contributed by atoms with Crippen molar-refractivity contribution in [3.63, 3.8) is 0 Å². The number of hydrogen-bond acceptors (Lipinski definition) is 2. The first-order valence-electron chi connectivity index (χ1n) is 2.45. The largest absolute Gasteiger partial charge is 1.00 e. The Labute approximate surface area is 81.9 Å². The molecule has 4 heteroatoms. The molecular formula is C6H6NNaO2. The molecular weight excluding hydrogens is 141 g/mol. The summed E-state index contributed by atoms with van der Waals surface area (Å²) in [5.74, 6) is -0.990. The molecule has 1 N–H and O–H groups in total. The van der Waals surface area contributed by atoms with E-state index >= 15 is 0 Å². The summed E-state index contributed by atoms with van der Waals surface area (Å²) in [6, 6.07) is 4.76. The smallest absolute Gasteiger partial charge is 1.00 e. The molecule has 3 nitrogen and oxygen atoms in total. The average Bonchev–Trinajstić information content (AvgIpc) is 1.90. The van der Waals surface area contributed by atoms with Crippen molar-refractivity contribution < 1.29 is 40.9 Å². The first kappa shape index (κ1) is 9.62. The van der Waals surface area contributed by atoms with Crippen LogP contribution in [0, 0.1) is 0 Å². The van der Waals surface area contributed by atoms with Gasteiger partial charge in [0.25, 0.3) is 0 Å². The molecule has 0 bridgehead atoms. The molecule has 10 heavy (non-hydrogen) atoms. The summed E-state index contributed by atoms with van der Waals surface area (Å²) >= 11 is 0. The molecule has 0 saturated carbocycles. The summed E-state index contributed by atoms with van der Waals surface area (Å²) in [6.45, 7) is 0. The van der Waals surface area contributed by atoms with Gasteiger partial charge in [-0.25, -0.2) is 9.78 Å². The quantitative estimate of drug-likeness (QED) is 0.463. The number of carbonyl (C=O) groups is 1.